The zero-order chi connectivity index (χ0) is 30.0. The first-order valence-electron chi connectivity index (χ1n) is 12.7. The number of aryl methyl sites for hydroxylation is 1. The molecule has 0 saturated carbocycles. The summed E-state index contributed by atoms with van der Waals surface area (Å²) < 4.78 is 31.0. The maximum Gasteiger partial charge on any atom is 0.271 e. The second kappa shape index (κ2) is 11.9. The van der Waals surface area contributed by atoms with Crippen molar-refractivity contribution < 1.29 is 18.6 Å². The number of hydrogen-bond acceptors (Lipinski definition) is 4. The number of halogens is 3. The van der Waals surface area contributed by atoms with E-state index in [1.807, 2.05) is 52.7 Å². The van der Waals surface area contributed by atoms with E-state index in [-0.39, 0.29) is 23.0 Å². The van der Waals surface area contributed by atoms with Gasteiger partial charge in [0.15, 0.2) is 0 Å². The second-order valence-electron chi connectivity index (χ2n) is 9.73. The lowest BCUT2D eigenvalue weighted by atomic mass is 10.1. The molecular weight excluding hydrogens is 610 g/mol. The van der Waals surface area contributed by atoms with Gasteiger partial charge in [0.25, 0.3) is 11.4 Å². The molecule has 0 aliphatic carbocycles. The van der Waals surface area contributed by atoms with Crippen LogP contribution in [0.3, 0.4) is 0 Å². The topological polar surface area (TPSA) is 96.1 Å². The van der Waals surface area contributed by atoms with Gasteiger partial charge in [0.05, 0.1) is 20.9 Å². The molecule has 42 heavy (non-hydrogen) atoms. The summed E-state index contributed by atoms with van der Waals surface area (Å²) in [4.78, 5) is 20.9. The normalized spacial score (nSPS) is 11.0. The molecule has 0 spiro atoms. The van der Waals surface area contributed by atoms with Crippen molar-refractivity contribution in [1.29, 1.82) is 0 Å². The Morgan fingerprint density at radius 3 is 1.67 bits per heavy atom. The first-order chi connectivity index (χ1) is 20.1. The molecule has 2 heterocycles. The van der Waals surface area contributed by atoms with Gasteiger partial charge in [-0.3, -0.25) is 20.2 Å². The maximum absolute atomic E-state index is 13.2. The van der Waals surface area contributed by atoms with Gasteiger partial charge in [-0.15, -0.1) is 0 Å². The van der Waals surface area contributed by atoms with Crippen LogP contribution >= 0.6 is 15.9 Å². The molecule has 0 unspecified atom stereocenters. The SMILES string of the molecule is Cc1cc([N+](=O)[O-])cc2ccn(Cc3cccc(F)c3)c12.O=[N+]([O-])c1cc(Br)c2c(ccn2Cc2cccc(F)c2)c1. The number of benzene rings is 4. The van der Waals surface area contributed by atoms with Crippen LogP contribution in [0.2, 0.25) is 0 Å². The van der Waals surface area contributed by atoms with Gasteiger partial charge < -0.3 is 9.13 Å². The second-order valence-corrected chi connectivity index (χ2v) is 10.6. The number of nitro groups is 2. The van der Waals surface area contributed by atoms with Crippen molar-refractivity contribution in [2.45, 2.75) is 20.0 Å². The fraction of sp³-hybridized carbons (Fsp3) is 0.0968. The fourth-order valence-corrected chi connectivity index (χ4v) is 5.66. The quantitative estimate of drug-likeness (QED) is 0.136. The molecule has 0 fully saturated rings. The summed E-state index contributed by atoms with van der Waals surface area (Å²) in [6.07, 6.45) is 3.70. The fourth-order valence-electron chi connectivity index (χ4n) is 4.97. The molecule has 6 aromatic rings. The van der Waals surface area contributed by atoms with Crippen LogP contribution in [0.1, 0.15) is 16.7 Å². The van der Waals surface area contributed by atoms with Crippen molar-refractivity contribution in [3.8, 4) is 0 Å². The van der Waals surface area contributed by atoms with E-state index in [1.165, 1.54) is 36.4 Å². The van der Waals surface area contributed by atoms with E-state index in [1.54, 1.807) is 24.3 Å². The highest BCUT2D eigenvalue weighted by molar-refractivity contribution is 9.10. The number of hydrogen-bond donors (Lipinski definition) is 0. The summed E-state index contributed by atoms with van der Waals surface area (Å²) in [7, 11) is 0. The lowest BCUT2D eigenvalue weighted by Gasteiger charge is -2.08. The van der Waals surface area contributed by atoms with Crippen molar-refractivity contribution in [1.82, 2.24) is 9.13 Å². The Labute approximate surface area is 246 Å². The predicted octanol–water partition coefficient (Wildman–Crippen LogP) is 8.54. The van der Waals surface area contributed by atoms with E-state index in [4.69, 9.17) is 0 Å². The summed E-state index contributed by atoms with van der Waals surface area (Å²) in [5, 5.41) is 23.3. The number of non-ortho nitro benzene ring substituents is 2. The molecule has 2 aromatic heterocycles. The van der Waals surface area contributed by atoms with Crippen molar-refractivity contribution in [2.75, 3.05) is 0 Å². The van der Waals surface area contributed by atoms with Crippen molar-refractivity contribution >= 4 is 49.1 Å². The molecule has 0 N–H and O–H groups in total. The molecule has 0 aliphatic heterocycles. The molecule has 6 rings (SSSR count). The third-order valence-electron chi connectivity index (χ3n) is 6.74. The average Bonchev–Trinajstić information content (AvgIpc) is 3.53. The summed E-state index contributed by atoms with van der Waals surface area (Å²) >= 11 is 3.37. The molecule has 0 saturated heterocycles. The minimum atomic E-state index is -0.423. The van der Waals surface area contributed by atoms with Gasteiger partial charge in [0.1, 0.15) is 11.6 Å². The van der Waals surface area contributed by atoms with Crippen LogP contribution in [0.15, 0.2) is 102 Å². The molecule has 0 amide bonds. The zero-order valence-corrected chi connectivity index (χ0v) is 23.8. The van der Waals surface area contributed by atoms with E-state index >= 15 is 0 Å². The largest absolute Gasteiger partial charge is 0.343 e. The number of fused-ring (bicyclic) bond motifs is 2. The van der Waals surface area contributed by atoms with Crippen LogP contribution in [0.5, 0.6) is 0 Å². The predicted molar refractivity (Wildman–Crippen MR) is 161 cm³/mol. The Balaban J connectivity index is 0.000000168. The third kappa shape index (κ3) is 6.21. The average molecular weight is 633 g/mol. The molecule has 0 atom stereocenters. The standard InChI is InChI=1S/C16H13FN2O2.C15H10BrFN2O2/c1-11-7-15(19(20)21)9-13-5-6-18(16(11)13)10-12-3-2-4-14(17)8-12;16-14-8-13(19(20)21)7-11-4-5-18(15(11)14)9-10-2-1-3-12(17)6-10/h2-9H,10H2,1H3;1-8H,9H2. The molecule has 11 heteroatoms. The molecule has 212 valence electrons. The van der Waals surface area contributed by atoms with Gasteiger partial charge in [0.2, 0.25) is 0 Å². The minimum Gasteiger partial charge on any atom is -0.343 e. The summed E-state index contributed by atoms with van der Waals surface area (Å²) in [5.41, 5.74) is 4.43. The zero-order valence-electron chi connectivity index (χ0n) is 22.2. The Kier molecular flexibility index (Phi) is 8.12. The summed E-state index contributed by atoms with van der Waals surface area (Å²) in [6.45, 7) is 2.87. The van der Waals surface area contributed by atoms with Crippen molar-refractivity contribution in [3.05, 3.63) is 150 Å². The van der Waals surface area contributed by atoms with E-state index in [9.17, 15) is 29.0 Å². The molecule has 0 bridgehead atoms. The van der Waals surface area contributed by atoms with Gasteiger partial charge in [-0.1, -0.05) is 24.3 Å². The van der Waals surface area contributed by atoms with Crippen LogP contribution in [0, 0.1) is 38.8 Å². The molecular formula is C31H23BrF2N4O4. The smallest absolute Gasteiger partial charge is 0.271 e. The van der Waals surface area contributed by atoms with Gasteiger partial charge in [-0.05, 0) is 75.9 Å². The van der Waals surface area contributed by atoms with Crippen LogP contribution in [-0.4, -0.2) is 19.0 Å². The first kappa shape index (κ1) is 28.6. The number of nitro benzene ring substituents is 2. The number of aromatic nitrogens is 2. The lowest BCUT2D eigenvalue weighted by molar-refractivity contribution is -0.384. The maximum atomic E-state index is 13.2. The van der Waals surface area contributed by atoms with E-state index in [0.717, 1.165) is 38.5 Å². The molecule has 8 nitrogen and oxygen atoms in total. The van der Waals surface area contributed by atoms with Crippen LogP contribution < -0.4 is 0 Å². The highest BCUT2D eigenvalue weighted by Gasteiger charge is 2.14. The Morgan fingerprint density at radius 1 is 0.690 bits per heavy atom. The van der Waals surface area contributed by atoms with Gasteiger partial charge in [0, 0.05) is 65.0 Å². The van der Waals surface area contributed by atoms with E-state index in [2.05, 4.69) is 15.9 Å². The lowest BCUT2D eigenvalue weighted by Crippen LogP contribution is -2.00. The molecule has 4 aromatic carbocycles. The molecule has 0 aliphatic rings. The summed E-state index contributed by atoms with van der Waals surface area (Å²) in [5.74, 6) is -0.546. The van der Waals surface area contributed by atoms with Crippen molar-refractivity contribution in [2.24, 2.45) is 0 Å². The van der Waals surface area contributed by atoms with Crippen molar-refractivity contribution in [3.63, 3.8) is 0 Å². The van der Waals surface area contributed by atoms with Crippen LogP contribution in [-0.2, 0) is 13.1 Å². The number of nitrogens with zero attached hydrogens (tertiary/aromatic N) is 4. The summed E-state index contributed by atoms with van der Waals surface area (Å²) in [6, 6.07) is 22.6. The Hall–Kier alpha value is -4.90. The third-order valence-corrected chi connectivity index (χ3v) is 7.34. The molecule has 0 radical (unpaired) electrons. The van der Waals surface area contributed by atoms with Gasteiger partial charge in [-0.25, -0.2) is 8.78 Å². The van der Waals surface area contributed by atoms with Gasteiger partial charge in [-0.2, -0.15) is 0 Å². The Morgan fingerprint density at radius 2 is 1.17 bits per heavy atom. The van der Waals surface area contributed by atoms with Crippen LogP contribution in [0.4, 0.5) is 20.2 Å². The monoisotopic (exact) mass is 632 g/mol. The van der Waals surface area contributed by atoms with Crippen LogP contribution in [0.25, 0.3) is 21.8 Å². The number of rotatable bonds is 6. The highest BCUT2D eigenvalue weighted by Crippen LogP contribution is 2.31. The van der Waals surface area contributed by atoms with Gasteiger partial charge >= 0.3 is 0 Å². The minimum absolute atomic E-state index is 0.0397. The first-order valence-corrected chi connectivity index (χ1v) is 13.5. The van der Waals surface area contributed by atoms with E-state index in [0.29, 0.717) is 17.6 Å². The van der Waals surface area contributed by atoms with E-state index < -0.39 is 9.85 Å². The Bertz CT molecular complexity index is 1830. The highest BCUT2D eigenvalue weighted by atomic mass is 79.9.